The van der Waals surface area contributed by atoms with E-state index in [0.29, 0.717) is 25.0 Å². The lowest BCUT2D eigenvalue weighted by molar-refractivity contribution is -0.0454. The van der Waals surface area contributed by atoms with Gasteiger partial charge in [-0.1, -0.05) is 0 Å². The molecule has 0 N–H and O–H groups in total. The Kier molecular flexibility index (Phi) is 3.26. The van der Waals surface area contributed by atoms with E-state index in [0.717, 1.165) is 25.8 Å². The number of hydrogen-bond acceptors (Lipinski definition) is 4. The van der Waals surface area contributed by atoms with E-state index in [1.165, 1.54) is 6.26 Å². The zero-order valence-electron chi connectivity index (χ0n) is 12.4. The highest BCUT2D eigenvalue weighted by Gasteiger charge is 2.45. The maximum absolute atomic E-state index is 12.5. The lowest BCUT2D eigenvalue weighted by Crippen LogP contribution is -2.50. The Bertz CT molecular complexity index is 638. The molecule has 2 aromatic rings. The number of ether oxygens (including phenoxy) is 1. The van der Waals surface area contributed by atoms with Gasteiger partial charge in [-0.2, -0.15) is 0 Å². The number of rotatable bonds is 2. The summed E-state index contributed by atoms with van der Waals surface area (Å²) >= 11 is 0. The topological polar surface area (TPSA) is 60.5 Å². The molecule has 2 fully saturated rings. The minimum absolute atomic E-state index is 0.0428. The predicted molar refractivity (Wildman–Crippen MR) is 78.4 cm³/mol. The van der Waals surface area contributed by atoms with Crippen LogP contribution < -0.4 is 0 Å². The Morgan fingerprint density at radius 1 is 1.45 bits per heavy atom. The number of nitrogens with zero attached hydrogens (tertiary/aromatic N) is 3. The Balaban J connectivity index is 1.48. The molecule has 4 rings (SSSR count). The Morgan fingerprint density at radius 2 is 2.41 bits per heavy atom. The summed E-state index contributed by atoms with van der Waals surface area (Å²) in [5.74, 6) is 0.361. The first-order valence-corrected chi connectivity index (χ1v) is 7.70. The van der Waals surface area contributed by atoms with Crippen molar-refractivity contribution >= 4 is 5.91 Å². The van der Waals surface area contributed by atoms with E-state index in [1.807, 2.05) is 17.4 Å². The normalized spacial score (nSPS) is 28.4. The summed E-state index contributed by atoms with van der Waals surface area (Å²) in [5, 5.41) is 0. The van der Waals surface area contributed by atoms with Crippen LogP contribution in [0.25, 0.3) is 0 Å². The van der Waals surface area contributed by atoms with Crippen LogP contribution in [0.3, 0.4) is 0 Å². The van der Waals surface area contributed by atoms with Gasteiger partial charge in [0.1, 0.15) is 0 Å². The molecule has 2 aliphatic heterocycles. The first-order valence-electron chi connectivity index (χ1n) is 7.70. The summed E-state index contributed by atoms with van der Waals surface area (Å²) in [6.45, 7) is 2.08. The third-order valence-electron chi connectivity index (χ3n) is 4.69. The molecular formula is C16H19N3O3. The van der Waals surface area contributed by atoms with E-state index in [9.17, 15) is 4.79 Å². The summed E-state index contributed by atoms with van der Waals surface area (Å²) in [6, 6.07) is 3.77. The van der Waals surface area contributed by atoms with Crippen molar-refractivity contribution in [3.63, 3.8) is 0 Å². The standard InChI is InChI=1S/C16H19N3O3/c20-15(14-3-1-8-21-14)18-6-2-4-16(11-18)9-13(10-22-16)19-7-5-17-12-19/h1,3,5,7-8,12-13H,2,4,6,9-11H2/t13-,16+/m0/s1. The van der Waals surface area contributed by atoms with Gasteiger partial charge >= 0.3 is 0 Å². The van der Waals surface area contributed by atoms with Crippen LogP contribution in [0.15, 0.2) is 41.5 Å². The fraction of sp³-hybridized carbons (Fsp3) is 0.500. The second-order valence-electron chi connectivity index (χ2n) is 6.17. The van der Waals surface area contributed by atoms with Gasteiger partial charge in [0.05, 0.1) is 37.4 Å². The van der Waals surface area contributed by atoms with Crippen LogP contribution in [-0.2, 0) is 4.74 Å². The number of hydrogen-bond donors (Lipinski definition) is 0. The Hall–Kier alpha value is -2.08. The zero-order valence-corrected chi connectivity index (χ0v) is 12.4. The van der Waals surface area contributed by atoms with Crippen molar-refractivity contribution in [3.8, 4) is 0 Å². The number of carbonyl (C=O) groups excluding carboxylic acids is 1. The molecular weight excluding hydrogens is 282 g/mol. The summed E-state index contributed by atoms with van der Waals surface area (Å²) in [4.78, 5) is 18.4. The minimum atomic E-state index is -0.227. The molecule has 0 bridgehead atoms. The molecule has 0 unspecified atom stereocenters. The third-order valence-corrected chi connectivity index (χ3v) is 4.69. The first kappa shape index (κ1) is 13.6. The molecule has 1 spiro atoms. The fourth-order valence-corrected chi connectivity index (χ4v) is 3.61. The molecule has 2 aromatic heterocycles. The van der Waals surface area contributed by atoms with Gasteiger partial charge in [0.25, 0.3) is 5.91 Å². The van der Waals surface area contributed by atoms with E-state index in [4.69, 9.17) is 9.15 Å². The number of imidazole rings is 1. The van der Waals surface area contributed by atoms with Gasteiger partial charge in [0, 0.05) is 25.4 Å². The molecule has 4 heterocycles. The highest BCUT2D eigenvalue weighted by molar-refractivity contribution is 5.91. The Labute approximate surface area is 128 Å². The number of likely N-dealkylation sites (tertiary alicyclic amines) is 1. The van der Waals surface area contributed by atoms with Crippen LogP contribution in [0.1, 0.15) is 35.9 Å². The van der Waals surface area contributed by atoms with Gasteiger partial charge in [0.2, 0.25) is 0 Å². The van der Waals surface area contributed by atoms with E-state index in [-0.39, 0.29) is 11.5 Å². The van der Waals surface area contributed by atoms with Crippen molar-refractivity contribution in [1.82, 2.24) is 14.5 Å². The highest BCUT2D eigenvalue weighted by atomic mass is 16.5. The number of furan rings is 1. The number of piperidine rings is 1. The first-order chi connectivity index (χ1) is 10.8. The van der Waals surface area contributed by atoms with Crippen LogP contribution in [0.2, 0.25) is 0 Å². The van der Waals surface area contributed by atoms with Crippen LogP contribution in [0.5, 0.6) is 0 Å². The van der Waals surface area contributed by atoms with Crippen molar-refractivity contribution in [2.45, 2.75) is 30.9 Å². The molecule has 1 amide bonds. The zero-order chi connectivity index (χ0) is 15.0. The average Bonchev–Trinajstić information content (AvgIpc) is 3.28. The van der Waals surface area contributed by atoms with E-state index in [1.54, 1.807) is 18.3 Å². The lowest BCUT2D eigenvalue weighted by atomic mass is 9.88. The van der Waals surface area contributed by atoms with Gasteiger partial charge in [-0.15, -0.1) is 0 Å². The molecule has 116 valence electrons. The number of carbonyl (C=O) groups is 1. The molecule has 2 aliphatic rings. The quantitative estimate of drug-likeness (QED) is 0.852. The second kappa shape index (κ2) is 5.28. The molecule has 6 nitrogen and oxygen atoms in total. The smallest absolute Gasteiger partial charge is 0.289 e. The number of amides is 1. The number of aromatic nitrogens is 2. The van der Waals surface area contributed by atoms with Gasteiger partial charge in [-0.05, 0) is 25.0 Å². The molecule has 0 aromatic carbocycles. The minimum Gasteiger partial charge on any atom is -0.459 e. The maximum atomic E-state index is 12.5. The largest absolute Gasteiger partial charge is 0.459 e. The fourth-order valence-electron chi connectivity index (χ4n) is 3.61. The van der Waals surface area contributed by atoms with E-state index >= 15 is 0 Å². The SMILES string of the molecule is O=C(c1ccco1)N1CCC[C@@]2(C[C@H](n3ccnc3)CO2)C1. The van der Waals surface area contributed by atoms with Gasteiger partial charge in [-0.25, -0.2) is 4.98 Å². The van der Waals surface area contributed by atoms with Gasteiger partial charge in [-0.3, -0.25) is 4.79 Å². The highest BCUT2D eigenvalue weighted by Crippen LogP contribution is 2.39. The molecule has 0 saturated carbocycles. The Morgan fingerprint density at radius 3 is 3.18 bits per heavy atom. The molecule has 6 heteroatoms. The molecule has 2 atom stereocenters. The van der Waals surface area contributed by atoms with Crippen LogP contribution >= 0.6 is 0 Å². The average molecular weight is 301 g/mol. The third kappa shape index (κ3) is 2.33. The second-order valence-corrected chi connectivity index (χ2v) is 6.17. The summed E-state index contributed by atoms with van der Waals surface area (Å²) in [5.41, 5.74) is -0.227. The van der Waals surface area contributed by atoms with Crippen molar-refractivity contribution in [2.75, 3.05) is 19.7 Å². The summed E-state index contributed by atoms with van der Waals surface area (Å²) in [7, 11) is 0. The van der Waals surface area contributed by atoms with Crippen molar-refractivity contribution < 1.29 is 13.9 Å². The molecule has 2 saturated heterocycles. The molecule has 22 heavy (non-hydrogen) atoms. The molecule has 0 aliphatic carbocycles. The van der Waals surface area contributed by atoms with Gasteiger partial charge in [0.15, 0.2) is 5.76 Å². The summed E-state index contributed by atoms with van der Waals surface area (Å²) < 4.78 is 13.5. The van der Waals surface area contributed by atoms with Crippen LogP contribution in [-0.4, -0.2) is 45.7 Å². The molecule has 0 radical (unpaired) electrons. The summed E-state index contributed by atoms with van der Waals surface area (Å²) in [6.07, 6.45) is 10.0. The van der Waals surface area contributed by atoms with Crippen LogP contribution in [0, 0.1) is 0 Å². The maximum Gasteiger partial charge on any atom is 0.289 e. The van der Waals surface area contributed by atoms with Crippen LogP contribution in [0.4, 0.5) is 0 Å². The van der Waals surface area contributed by atoms with Crippen molar-refractivity contribution in [1.29, 1.82) is 0 Å². The lowest BCUT2D eigenvalue weighted by Gasteiger charge is -2.39. The van der Waals surface area contributed by atoms with Gasteiger partial charge < -0.3 is 18.6 Å². The van der Waals surface area contributed by atoms with Crippen molar-refractivity contribution in [3.05, 3.63) is 42.9 Å². The van der Waals surface area contributed by atoms with E-state index < -0.39 is 0 Å². The predicted octanol–water partition coefficient (Wildman–Crippen LogP) is 2.11. The monoisotopic (exact) mass is 301 g/mol. The van der Waals surface area contributed by atoms with E-state index in [2.05, 4.69) is 9.55 Å². The van der Waals surface area contributed by atoms with Crippen molar-refractivity contribution in [2.24, 2.45) is 0 Å².